The molecular weight excluding hydrogens is 291 g/mol. The lowest BCUT2D eigenvalue weighted by molar-refractivity contribution is 0.0952. The molecule has 0 spiro atoms. The van der Waals surface area contributed by atoms with Crippen LogP contribution in [0.1, 0.15) is 16.1 Å². The highest BCUT2D eigenvalue weighted by atomic mass is 35.5. The summed E-state index contributed by atoms with van der Waals surface area (Å²) in [5.41, 5.74) is 2.42. The van der Waals surface area contributed by atoms with E-state index in [9.17, 15) is 9.18 Å². The highest BCUT2D eigenvalue weighted by Crippen LogP contribution is 2.28. The lowest BCUT2D eigenvalue weighted by Gasteiger charge is -2.03. The van der Waals surface area contributed by atoms with Crippen LogP contribution < -0.4 is 11.3 Å². The zero-order chi connectivity index (χ0) is 13.8. The lowest BCUT2D eigenvalue weighted by Crippen LogP contribution is -2.30. The molecule has 1 heterocycles. The molecule has 100 valence electrons. The summed E-state index contributed by atoms with van der Waals surface area (Å²) >= 11 is 7.06. The zero-order valence-corrected chi connectivity index (χ0v) is 11.2. The number of thioether (sulfide) groups is 1. The van der Waals surface area contributed by atoms with Gasteiger partial charge in [0.25, 0.3) is 5.91 Å². The number of hydrogen-bond acceptors (Lipinski definition) is 4. The van der Waals surface area contributed by atoms with Gasteiger partial charge in [-0.3, -0.25) is 10.2 Å². The molecule has 0 radical (unpaired) electrons. The number of amides is 1. The van der Waals surface area contributed by atoms with Crippen LogP contribution in [0.4, 0.5) is 4.39 Å². The van der Waals surface area contributed by atoms with Gasteiger partial charge >= 0.3 is 0 Å². The van der Waals surface area contributed by atoms with Crippen molar-refractivity contribution in [1.29, 1.82) is 0 Å². The van der Waals surface area contributed by atoms with Crippen molar-refractivity contribution in [1.82, 2.24) is 5.43 Å². The molecule has 2 aromatic rings. The molecule has 0 saturated heterocycles. The standard InChI is InChI=1S/C12H10ClFN2O2S/c13-9-5-7(1-2-10(9)14)19-6-11-8(3-4-18-11)12(17)16-15/h1-5H,6,15H2,(H,16,17). The van der Waals surface area contributed by atoms with Crippen LogP contribution in [0.15, 0.2) is 39.8 Å². The van der Waals surface area contributed by atoms with Gasteiger partial charge in [0.1, 0.15) is 11.6 Å². The summed E-state index contributed by atoms with van der Waals surface area (Å²) in [7, 11) is 0. The molecule has 1 aromatic carbocycles. The minimum absolute atomic E-state index is 0.0596. The van der Waals surface area contributed by atoms with E-state index >= 15 is 0 Å². The Morgan fingerprint density at radius 3 is 2.95 bits per heavy atom. The summed E-state index contributed by atoms with van der Waals surface area (Å²) < 4.78 is 18.2. The molecule has 1 amide bonds. The number of furan rings is 1. The monoisotopic (exact) mass is 300 g/mol. The second kappa shape index (κ2) is 6.10. The van der Waals surface area contributed by atoms with Gasteiger partial charge in [-0.1, -0.05) is 11.6 Å². The first-order chi connectivity index (χ1) is 9.11. The molecule has 0 aliphatic rings. The Bertz CT molecular complexity index is 603. The van der Waals surface area contributed by atoms with E-state index in [4.69, 9.17) is 21.9 Å². The Balaban J connectivity index is 2.08. The number of nitrogens with two attached hydrogens (primary N) is 1. The molecule has 0 bridgehead atoms. The van der Waals surface area contributed by atoms with Gasteiger partial charge in [0.2, 0.25) is 0 Å². The molecule has 0 unspecified atom stereocenters. The van der Waals surface area contributed by atoms with Crippen LogP contribution in [0, 0.1) is 5.82 Å². The van der Waals surface area contributed by atoms with E-state index in [2.05, 4.69) is 0 Å². The Labute approximate surface area is 118 Å². The molecule has 0 aliphatic carbocycles. The summed E-state index contributed by atoms with van der Waals surface area (Å²) in [5, 5.41) is 0.0596. The fraction of sp³-hybridized carbons (Fsp3) is 0.0833. The van der Waals surface area contributed by atoms with Gasteiger partial charge in [-0.2, -0.15) is 0 Å². The van der Waals surface area contributed by atoms with E-state index in [1.54, 1.807) is 6.07 Å². The first-order valence-electron chi connectivity index (χ1n) is 5.27. The van der Waals surface area contributed by atoms with Crippen molar-refractivity contribution in [3.63, 3.8) is 0 Å². The minimum atomic E-state index is -0.466. The van der Waals surface area contributed by atoms with Crippen LogP contribution >= 0.6 is 23.4 Å². The van der Waals surface area contributed by atoms with E-state index in [-0.39, 0.29) is 5.02 Å². The van der Waals surface area contributed by atoms with Crippen molar-refractivity contribution >= 4 is 29.3 Å². The third kappa shape index (κ3) is 3.28. The summed E-state index contributed by atoms with van der Waals surface area (Å²) in [4.78, 5) is 12.2. The third-order valence-corrected chi connectivity index (χ3v) is 3.67. The van der Waals surface area contributed by atoms with Gasteiger partial charge in [-0.15, -0.1) is 11.8 Å². The van der Waals surface area contributed by atoms with Crippen molar-refractivity contribution < 1.29 is 13.6 Å². The number of rotatable bonds is 4. The summed E-state index contributed by atoms with van der Waals surface area (Å²) in [6.45, 7) is 0. The number of hydrogen-bond donors (Lipinski definition) is 2. The average Bonchev–Trinajstić information content (AvgIpc) is 2.87. The second-order valence-electron chi connectivity index (χ2n) is 3.60. The molecule has 19 heavy (non-hydrogen) atoms. The van der Waals surface area contributed by atoms with Crippen molar-refractivity contribution in [3.8, 4) is 0 Å². The maximum absolute atomic E-state index is 13.0. The lowest BCUT2D eigenvalue weighted by atomic mass is 10.2. The molecule has 0 atom stereocenters. The van der Waals surface area contributed by atoms with Crippen LogP contribution in [0.2, 0.25) is 5.02 Å². The molecule has 3 N–H and O–H groups in total. The van der Waals surface area contributed by atoms with Crippen LogP contribution in [0.5, 0.6) is 0 Å². The third-order valence-electron chi connectivity index (χ3n) is 2.38. The Hall–Kier alpha value is -1.50. The SMILES string of the molecule is NNC(=O)c1ccoc1CSc1ccc(F)c(Cl)c1. The predicted octanol–water partition coefficient (Wildman–Crippen LogP) is 2.97. The topological polar surface area (TPSA) is 68.3 Å². The molecule has 0 fully saturated rings. The first kappa shape index (κ1) is 13.9. The highest BCUT2D eigenvalue weighted by Gasteiger charge is 2.13. The summed E-state index contributed by atoms with van der Waals surface area (Å²) in [6.07, 6.45) is 1.41. The van der Waals surface area contributed by atoms with E-state index < -0.39 is 11.7 Å². The highest BCUT2D eigenvalue weighted by molar-refractivity contribution is 7.98. The molecule has 0 saturated carbocycles. The van der Waals surface area contributed by atoms with Gasteiger partial charge in [-0.25, -0.2) is 10.2 Å². The molecule has 4 nitrogen and oxygen atoms in total. The predicted molar refractivity (Wildman–Crippen MR) is 71.3 cm³/mol. The van der Waals surface area contributed by atoms with Crippen molar-refractivity contribution in [2.45, 2.75) is 10.6 Å². The van der Waals surface area contributed by atoms with E-state index in [1.807, 2.05) is 5.43 Å². The van der Waals surface area contributed by atoms with E-state index in [0.717, 1.165) is 4.90 Å². The largest absolute Gasteiger partial charge is 0.468 e. The molecule has 2 rings (SSSR count). The summed E-state index contributed by atoms with van der Waals surface area (Å²) in [5.74, 6) is 5.10. The quantitative estimate of drug-likeness (QED) is 0.394. The van der Waals surface area contributed by atoms with Crippen LogP contribution in [0.25, 0.3) is 0 Å². The Morgan fingerprint density at radius 1 is 1.47 bits per heavy atom. The molecule has 0 aliphatic heterocycles. The van der Waals surface area contributed by atoms with Gasteiger partial charge in [0, 0.05) is 4.90 Å². The summed E-state index contributed by atoms with van der Waals surface area (Å²) in [6, 6.07) is 5.96. The molecule has 1 aromatic heterocycles. The van der Waals surface area contributed by atoms with Crippen molar-refractivity contribution in [2.75, 3.05) is 0 Å². The first-order valence-corrected chi connectivity index (χ1v) is 6.63. The smallest absolute Gasteiger partial charge is 0.268 e. The average molecular weight is 301 g/mol. The van der Waals surface area contributed by atoms with E-state index in [1.165, 1.54) is 36.2 Å². The fourth-order valence-electron chi connectivity index (χ4n) is 1.45. The maximum Gasteiger partial charge on any atom is 0.268 e. The van der Waals surface area contributed by atoms with Crippen LogP contribution in [-0.4, -0.2) is 5.91 Å². The number of benzene rings is 1. The number of halogens is 2. The Morgan fingerprint density at radius 2 is 2.26 bits per heavy atom. The fourth-order valence-corrected chi connectivity index (χ4v) is 2.58. The maximum atomic E-state index is 13.0. The van der Waals surface area contributed by atoms with E-state index in [0.29, 0.717) is 17.1 Å². The number of nitrogen functional groups attached to an aromatic ring is 1. The van der Waals surface area contributed by atoms with Gasteiger partial charge in [0.15, 0.2) is 0 Å². The minimum Gasteiger partial charge on any atom is -0.468 e. The Kier molecular flexibility index (Phi) is 4.47. The number of nitrogens with one attached hydrogen (secondary N) is 1. The zero-order valence-electron chi connectivity index (χ0n) is 9.65. The number of carbonyl (C=O) groups excluding carboxylic acids is 1. The normalized spacial score (nSPS) is 10.5. The number of carbonyl (C=O) groups is 1. The van der Waals surface area contributed by atoms with Crippen molar-refractivity contribution in [3.05, 3.63) is 52.7 Å². The second-order valence-corrected chi connectivity index (χ2v) is 5.05. The van der Waals surface area contributed by atoms with Gasteiger partial charge in [0.05, 0.1) is 22.6 Å². The molecule has 7 heteroatoms. The number of hydrazine groups is 1. The van der Waals surface area contributed by atoms with Gasteiger partial charge in [-0.05, 0) is 24.3 Å². The molecular formula is C12H10ClFN2O2S. The van der Waals surface area contributed by atoms with Gasteiger partial charge < -0.3 is 4.42 Å². The van der Waals surface area contributed by atoms with Crippen molar-refractivity contribution in [2.24, 2.45) is 5.84 Å². The van der Waals surface area contributed by atoms with Crippen LogP contribution in [-0.2, 0) is 5.75 Å². The van der Waals surface area contributed by atoms with Crippen LogP contribution in [0.3, 0.4) is 0 Å².